The summed E-state index contributed by atoms with van der Waals surface area (Å²) in [5, 5.41) is 2.90. The minimum Gasteiger partial charge on any atom is -0.483 e. The van der Waals surface area contributed by atoms with Crippen LogP contribution in [0.25, 0.3) is 0 Å². The van der Waals surface area contributed by atoms with Crippen molar-refractivity contribution in [1.29, 1.82) is 0 Å². The van der Waals surface area contributed by atoms with Crippen LogP contribution in [-0.4, -0.2) is 25.4 Å². The van der Waals surface area contributed by atoms with Crippen LogP contribution < -0.4 is 10.1 Å². The van der Waals surface area contributed by atoms with Gasteiger partial charge in [0.15, 0.2) is 12.4 Å². The van der Waals surface area contributed by atoms with Crippen molar-refractivity contribution in [3.63, 3.8) is 0 Å². The van der Waals surface area contributed by atoms with Crippen LogP contribution >= 0.6 is 0 Å². The van der Waals surface area contributed by atoms with Crippen LogP contribution in [0.15, 0.2) is 48.5 Å². The maximum Gasteiger partial charge on any atom is 0.258 e. The Balaban J connectivity index is 1.98. The van der Waals surface area contributed by atoms with E-state index in [1.807, 2.05) is 37.3 Å². The van der Waals surface area contributed by atoms with Gasteiger partial charge in [-0.3, -0.25) is 9.59 Å². The van der Waals surface area contributed by atoms with Crippen molar-refractivity contribution in [1.82, 2.24) is 5.32 Å². The van der Waals surface area contributed by atoms with Gasteiger partial charge in [-0.2, -0.15) is 0 Å². The van der Waals surface area contributed by atoms with Gasteiger partial charge in [0, 0.05) is 18.2 Å². The first-order chi connectivity index (χ1) is 12.0. The Labute approximate surface area is 148 Å². The van der Waals surface area contributed by atoms with Crippen LogP contribution in [0.1, 0.15) is 41.4 Å². The lowest BCUT2D eigenvalue weighted by Crippen LogP contribution is -2.31. The van der Waals surface area contributed by atoms with Crippen LogP contribution in [0.5, 0.6) is 5.75 Å². The zero-order valence-electron chi connectivity index (χ0n) is 14.7. The van der Waals surface area contributed by atoms with E-state index in [0.717, 1.165) is 11.1 Å². The second kappa shape index (κ2) is 8.99. The molecule has 0 aliphatic rings. The van der Waals surface area contributed by atoms with Gasteiger partial charge in [0.1, 0.15) is 5.75 Å². The number of hydrogen-bond donors (Lipinski definition) is 1. The third kappa shape index (κ3) is 5.43. The first-order valence-electron chi connectivity index (χ1n) is 8.11. The van der Waals surface area contributed by atoms with E-state index in [1.54, 1.807) is 25.3 Å². The lowest BCUT2D eigenvalue weighted by Gasteiger charge is -2.16. The zero-order chi connectivity index (χ0) is 18.2. The summed E-state index contributed by atoms with van der Waals surface area (Å²) in [6, 6.07) is 14.7. The Morgan fingerprint density at radius 2 is 1.84 bits per heavy atom. The summed E-state index contributed by atoms with van der Waals surface area (Å²) < 4.78 is 10.8. The minimum atomic E-state index is -0.213. The standard InChI is InChI=1S/C20H23NO4/c1-14(16-7-5-4-6-8-16)21-20(23)13-25-19-10-9-17(15(2)22)11-18(19)12-24-3/h4-11,14H,12-13H2,1-3H3,(H,21,23)/t14-/m1/s1. The normalized spacial score (nSPS) is 11.6. The van der Waals surface area contributed by atoms with E-state index in [4.69, 9.17) is 9.47 Å². The molecular formula is C20H23NO4. The first-order valence-corrected chi connectivity index (χ1v) is 8.11. The molecule has 0 aromatic heterocycles. The van der Waals surface area contributed by atoms with E-state index in [2.05, 4.69) is 5.32 Å². The quantitative estimate of drug-likeness (QED) is 0.748. The van der Waals surface area contributed by atoms with E-state index >= 15 is 0 Å². The first kappa shape index (κ1) is 18.7. The average molecular weight is 341 g/mol. The molecule has 132 valence electrons. The van der Waals surface area contributed by atoms with Crippen molar-refractivity contribution < 1.29 is 19.1 Å². The van der Waals surface area contributed by atoms with Gasteiger partial charge in [-0.05, 0) is 37.6 Å². The highest BCUT2D eigenvalue weighted by Gasteiger charge is 2.12. The third-order valence-electron chi connectivity index (χ3n) is 3.80. The van der Waals surface area contributed by atoms with Crippen LogP contribution in [0, 0.1) is 0 Å². The number of Topliss-reactive ketones (excluding diaryl/α,β-unsaturated/α-hetero) is 1. The predicted molar refractivity (Wildman–Crippen MR) is 95.7 cm³/mol. The summed E-state index contributed by atoms with van der Waals surface area (Å²) in [7, 11) is 1.57. The van der Waals surface area contributed by atoms with E-state index < -0.39 is 0 Å². The molecule has 0 spiro atoms. The molecule has 0 saturated heterocycles. The number of ether oxygens (including phenoxy) is 2. The Morgan fingerprint density at radius 3 is 2.48 bits per heavy atom. The molecule has 0 unspecified atom stereocenters. The van der Waals surface area contributed by atoms with Gasteiger partial charge in [0.2, 0.25) is 0 Å². The summed E-state index contributed by atoms with van der Waals surface area (Å²) in [6.45, 7) is 3.63. The summed E-state index contributed by atoms with van der Waals surface area (Å²) in [5.41, 5.74) is 2.35. The monoisotopic (exact) mass is 341 g/mol. The molecule has 1 amide bonds. The fraction of sp³-hybridized carbons (Fsp3) is 0.300. The largest absolute Gasteiger partial charge is 0.483 e. The molecule has 0 saturated carbocycles. The molecule has 25 heavy (non-hydrogen) atoms. The van der Waals surface area contributed by atoms with Gasteiger partial charge in [0.05, 0.1) is 12.6 Å². The van der Waals surface area contributed by atoms with Gasteiger partial charge < -0.3 is 14.8 Å². The lowest BCUT2D eigenvalue weighted by atomic mass is 10.1. The highest BCUT2D eigenvalue weighted by atomic mass is 16.5. The molecule has 5 heteroatoms. The average Bonchev–Trinajstić information content (AvgIpc) is 2.61. The maximum absolute atomic E-state index is 12.1. The van der Waals surface area contributed by atoms with Crippen LogP contribution in [-0.2, 0) is 16.1 Å². The maximum atomic E-state index is 12.1. The molecular weight excluding hydrogens is 318 g/mol. The third-order valence-corrected chi connectivity index (χ3v) is 3.80. The second-order valence-corrected chi connectivity index (χ2v) is 5.80. The van der Waals surface area contributed by atoms with Crippen molar-refractivity contribution in [2.45, 2.75) is 26.5 Å². The number of carbonyl (C=O) groups is 2. The molecule has 5 nitrogen and oxygen atoms in total. The summed E-state index contributed by atoms with van der Waals surface area (Å²) in [4.78, 5) is 23.6. The number of nitrogens with one attached hydrogen (secondary N) is 1. The van der Waals surface area contributed by atoms with Crippen LogP contribution in [0.2, 0.25) is 0 Å². The molecule has 0 aliphatic heterocycles. The van der Waals surface area contributed by atoms with Crippen molar-refractivity contribution in [3.05, 3.63) is 65.2 Å². The molecule has 0 aliphatic carbocycles. The second-order valence-electron chi connectivity index (χ2n) is 5.80. The number of ketones is 1. The number of methoxy groups -OCH3 is 1. The van der Waals surface area contributed by atoms with Crippen molar-refractivity contribution in [2.75, 3.05) is 13.7 Å². The molecule has 0 radical (unpaired) electrons. The van der Waals surface area contributed by atoms with E-state index in [-0.39, 0.29) is 24.3 Å². The van der Waals surface area contributed by atoms with Gasteiger partial charge in [-0.15, -0.1) is 0 Å². The van der Waals surface area contributed by atoms with E-state index in [0.29, 0.717) is 17.9 Å². The Bertz CT molecular complexity index is 728. The number of benzene rings is 2. The Morgan fingerprint density at radius 1 is 1.12 bits per heavy atom. The Kier molecular flexibility index (Phi) is 6.71. The predicted octanol–water partition coefficient (Wildman–Crippen LogP) is 3.29. The van der Waals surface area contributed by atoms with Crippen molar-refractivity contribution >= 4 is 11.7 Å². The highest BCUT2D eigenvalue weighted by molar-refractivity contribution is 5.94. The SMILES string of the molecule is COCc1cc(C(C)=O)ccc1OCC(=O)N[C@H](C)c1ccccc1. The van der Waals surface area contributed by atoms with E-state index in [9.17, 15) is 9.59 Å². The van der Waals surface area contributed by atoms with Crippen molar-refractivity contribution in [2.24, 2.45) is 0 Å². The minimum absolute atomic E-state index is 0.0293. The van der Waals surface area contributed by atoms with Crippen LogP contribution in [0.3, 0.4) is 0 Å². The fourth-order valence-electron chi connectivity index (χ4n) is 2.46. The molecule has 0 bridgehead atoms. The fourth-order valence-corrected chi connectivity index (χ4v) is 2.46. The Hall–Kier alpha value is -2.66. The van der Waals surface area contributed by atoms with Crippen molar-refractivity contribution in [3.8, 4) is 5.75 Å². The summed E-state index contributed by atoms with van der Waals surface area (Å²) >= 11 is 0. The molecule has 1 N–H and O–H groups in total. The van der Waals surface area contributed by atoms with Gasteiger partial charge in [-0.25, -0.2) is 0 Å². The summed E-state index contributed by atoms with van der Waals surface area (Å²) in [5.74, 6) is 0.295. The van der Waals surface area contributed by atoms with Gasteiger partial charge in [-0.1, -0.05) is 30.3 Å². The molecule has 2 aromatic carbocycles. The number of amides is 1. The molecule has 0 fully saturated rings. The lowest BCUT2D eigenvalue weighted by molar-refractivity contribution is -0.123. The number of rotatable bonds is 8. The molecule has 1 atom stereocenters. The van der Waals surface area contributed by atoms with Crippen LogP contribution in [0.4, 0.5) is 0 Å². The molecule has 2 aromatic rings. The van der Waals surface area contributed by atoms with Gasteiger partial charge in [0.25, 0.3) is 5.91 Å². The topological polar surface area (TPSA) is 64.6 Å². The summed E-state index contributed by atoms with van der Waals surface area (Å²) in [6.07, 6.45) is 0. The zero-order valence-corrected chi connectivity index (χ0v) is 14.7. The van der Waals surface area contributed by atoms with E-state index in [1.165, 1.54) is 6.92 Å². The molecule has 0 heterocycles. The molecule has 2 rings (SSSR count). The van der Waals surface area contributed by atoms with Gasteiger partial charge >= 0.3 is 0 Å². The number of carbonyl (C=O) groups excluding carboxylic acids is 2. The highest BCUT2D eigenvalue weighted by Crippen LogP contribution is 2.21. The number of hydrogen-bond acceptors (Lipinski definition) is 4. The smallest absolute Gasteiger partial charge is 0.258 e.